The van der Waals surface area contributed by atoms with E-state index in [0.717, 1.165) is 11.4 Å². The van der Waals surface area contributed by atoms with E-state index in [9.17, 15) is 0 Å². The average molecular weight is 237 g/mol. The minimum atomic E-state index is -0.116. The van der Waals surface area contributed by atoms with Gasteiger partial charge in [0.1, 0.15) is 0 Å². The van der Waals surface area contributed by atoms with Crippen LogP contribution in [0.5, 0.6) is 0 Å². The topological polar surface area (TPSA) is 69.6 Å². The Morgan fingerprint density at radius 1 is 1.50 bits per heavy atom. The molecule has 0 bridgehead atoms. The molecule has 0 aromatic carbocycles. The van der Waals surface area contributed by atoms with Crippen LogP contribution in [-0.4, -0.2) is 18.5 Å². The minimum absolute atomic E-state index is 0.116. The van der Waals surface area contributed by atoms with E-state index in [1.165, 1.54) is 11.7 Å². The van der Waals surface area contributed by atoms with Gasteiger partial charge in [-0.25, -0.2) is 0 Å². The van der Waals surface area contributed by atoms with Crippen molar-refractivity contribution in [2.45, 2.75) is 32.4 Å². The Labute approximate surface area is 98.6 Å². The van der Waals surface area contributed by atoms with E-state index in [0.29, 0.717) is 12.5 Å². The maximum Gasteiger partial charge on any atom is 0.0914 e. The molecule has 2 aromatic rings. The van der Waals surface area contributed by atoms with Gasteiger partial charge in [-0.2, -0.15) is 13.8 Å². The molecule has 0 saturated carbocycles. The van der Waals surface area contributed by atoms with Crippen LogP contribution in [0.2, 0.25) is 0 Å². The van der Waals surface area contributed by atoms with Crippen molar-refractivity contribution in [3.8, 4) is 0 Å². The van der Waals surface area contributed by atoms with Gasteiger partial charge in [0.25, 0.3) is 0 Å². The van der Waals surface area contributed by atoms with Gasteiger partial charge in [-0.15, -0.1) is 0 Å². The van der Waals surface area contributed by atoms with Gasteiger partial charge >= 0.3 is 0 Å². The zero-order chi connectivity index (χ0) is 11.5. The van der Waals surface area contributed by atoms with Crippen molar-refractivity contribution in [1.82, 2.24) is 18.5 Å². The molecular weight excluding hydrogens is 222 g/mol. The predicted octanol–water partition coefficient (Wildman–Crippen LogP) is 1.56. The molecule has 0 amide bonds. The minimum Gasteiger partial charge on any atom is -0.322 e. The summed E-state index contributed by atoms with van der Waals surface area (Å²) in [7, 11) is 0. The molecule has 0 aliphatic rings. The predicted molar refractivity (Wildman–Crippen MR) is 63.2 cm³/mol. The third-order valence-corrected chi connectivity index (χ3v) is 2.87. The number of nitrogens with two attached hydrogens (primary N) is 1. The summed E-state index contributed by atoms with van der Waals surface area (Å²) >= 11 is 1.18. The Bertz CT molecular complexity index is 434. The van der Waals surface area contributed by atoms with Crippen molar-refractivity contribution in [3.63, 3.8) is 0 Å². The summed E-state index contributed by atoms with van der Waals surface area (Å²) in [5, 5.41) is 4.45. The van der Waals surface area contributed by atoms with E-state index in [4.69, 9.17) is 5.73 Å². The van der Waals surface area contributed by atoms with Crippen molar-refractivity contribution >= 4 is 11.7 Å². The number of aromatic nitrogens is 4. The molecule has 0 spiro atoms. The summed E-state index contributed by atoms with van der Waals surface area (Å²) in [6.07, 6.45) is 4.39. The van der Waals surface area contributed by atoms with Crippen molar-refractivity contribution in [2.75, 3.05) is 0 Å². The van der Waals surface area contributed by atoms with Gasteiger partial charge in [0.2, 0.25) is 0 Å². The summed E-state index contributed by atoms with van der Waals surface area (Å²) in [4.78, 5) is 0. The first-order chi connectivity index (χ1) is 7.66. The Morgan fingerprint density at radius 2 is 2.31 bits per heavy atom. The van der Waals surface area contributed by atoms with Gasteiger partial charge in [0, 0.05) is 18.7 Å². The summed E-state index contributed by atoms with van der Waals surface area (Å²) < 4.78 is 10.0. The second-order valence-corrected chi connectivity index (χ2v) is 4.58. The molecular formula is C10H15N5S. The fourth-order valence-corrected chi connectivity index (χ4v) is 1.92. The zero-order valence-electron chi connectivity index (χ0n) is 9.37. The number of nitrogens with zero attached hydrogens (tertiary/aromatic N) is 4. The molecule has 5 nitrogen and oxygen atoms in total. The highest BCUT2D eigenvalue weighted by atomic mass is 32.1. The molecule has 2 N–H and O–H groups in total. The fraction of sp³-hybridized carbons (Fsp3) is 0.500. The van der Waals surface area contributed by atoms with Gasteiger partial charge in [0.05, 0.1) is 35.4 Å². The molecule has 2 aromatic heterocycles. The zero-order valence-corrected chi connectivity index (χ0v) is 10.2. The van der Waals surface area contributed by atoms with Crippen LogP contribution in [0.15, 0.2) is 18.5 Å². The highest BCUT2D eigenvalue weighted by Crippen LogP contribution is 2.14. The van der Waals surface area contributed by atoms with Gasteiger partial charge in [0.15, 0.2) is 0 Å². The molecule has 0 saturated heterocycles. The lowest BCUT2D eigenvalue weighted by Crippen LogP contribution is -2.14. The van der Waals surface area contributed by atoms with Gasteiger partial charge in [-0.1, -0.05) is 0 Å². The van der Waals surface area contributed by atoms with Crippen LogP contribution in [0.4, 0.5) is 0 Å². The van der Waals surface area contributed by atoms with Crippen LogP contribution >= 0.6 is 11.7 Å². The lowest BCUT2D eigenvalue weighted by atomic mass is 10.1. The highest BCUT2D eigenvalue weighted by molar-refractivity contribution is 6.99. The van der Waals surface area contributed by atoms with E-state index in [1.807, 2.05) is 16.9 Å². The van der Waals surface area contributed by atoms with E-state index >= 15 is 0 Å². The van der Waals surface area contributed by atoms with Crippen LogP contribution < -0.4 is 5.73 Å². The van der Waals surface area contributed by atoms with E-state index in [1.54, 1.807) is 6.20 Å². The molecule has 0 radical (unpaired) electrons. The molecule has 6 heteroatoms. The maximum absolute atomic E-state index is 6.01. The molecule has 2 heterocycles. The monoisotopic (exact) mass is 237 g/mol. The number of rotatable bonds is 4. The first-order valence-electron chi connectivity index (χ1n) is 5.24. The number of hydrogen-bond acceptors (Lipinski definition) is 5. The Morgan fingerprint density at radius 3 is 2.88 bits per heavy atom. The van der Waals surface area contributed by atoms with E-state index in [2.05, 4.69) is 27.7 Å². The summed E-state index contributed by atoms with van der Waals surface area (Å²) in [5.41, 5.74) is 7.84. The number of hydrogen-bond donors (Lipinski definition) is 1. The average Bonchev–Trinajstić information content (AvgIpc) is 2.87. The largest absolute Gasteiger partial charge is 0.322 e. The quantitative estimate of drug-likeness (QED) is 0.876. The van der Waals surface area contributed by atoms with Crippen molar-refractivity contribution < 1.29 is 0 Å². The van der Waals surface area contributed by atoms with Crippen LogP contribution in [0.3, 0.4) is 0 Å². The molecule has 86 valence electrons. The smallest absolute Gasteiger partial charge is 0.0914 e. The molecule has 0 fully saturated rings. The maximum atomic E-state index is 6.01. The first kappa shape index (κ1) is 11.2. The third-order valence-electron chi connectivity index (χ3n) is 2.38. The Hall–Kier alpha value is -1.27. The van der Waals surface area contributed by atoms with Crippen molar-refractivity contribution in [2.24, 2.45) is 5.73 Å². The SMILES string of the molecule is CC(C)n1ccc(CC(N)c2cnsn2)n1. The molecule has 0 aliphatic carbocycles. The fourth-order valence-electron chi connectivity index (χ4n) is 1.44. The van der Waals surface area contributed by atoms with Crippen molar-refractivity contribution in [1.29, 1.82) is 0 Å². The van der Waals surface area contributed by atoms with Crippen LogP contribution in [-0.2, 0) is 6.42 Å². The summed E-state index contributed by atoms with van der Waals surface area (Å²) in [5.74, 6) is 0. The van der Waals surface area contributed by atoms with Crippen LogP contribution in [0.1, 0.15) is 37.3 Å². The van der Waals surface area contributed by atoms with E-state index < -0.39 is 0 Å². The lowest BCUT2D eigenvalue weighted by Gasteiger charge is -2.06. The van der Waals surface area contributed by atoms with E-state index in [-0.39, 0.29) is 6.04 Å². The molecule has 16 heavy (non-hydrogen) atoms. The first-order valence-corrected chi connectivity index (χ1v) is 5.97. The lowest BCUT2D eigenvalue weighted by molar-refractivity contribution is 0.522. The standard InChI is InChI=1S/C10H15N5S/c1-7(2)15-4-3-8(13-15)5-9(11)10-6-12-16-14-10/h3-4,6-7,9H,5,11H2,1-2H3. The van der Waals surface area contributed by atoms with Crippen LogP contribution in [0.25, 0.3) is 0 Å². The van der Waals surface area contributed by atoms with Gasteiger partial charge in [-0.05, 0) is 19.9 Å². The normalized spacial score (nSPS) is 13.2. The summed E-state index contributed by atoms with van der Waals surface area (Å²) in [6, 6.07) is 2.26. The van der Waals surface area contributed by atoms with Crippen molar-refractivity contribution in [3.05, 3.63) is 29.8 Å². The molecule has 1 atom stereocenters. The summed E-state index contributed by atoms with van der Waals surface area (Å²) in [6.45, 7) is 4.20. The highest BCUT2D eigenvalue weighted by Gasteiger charge is 2.12. The second-order valence-electron chi connectivity index (χ2n) is 4.02. The Kier molecular flexibility index (Phi) is 3.31. The van der Waals surface area contributed by atoms with Gasteiger partial charge < -0.3 is 5.73 Å². The third kappa shape index (κ3) is 2.45. The molecule has 2 rings (SSSR count). The molecule has 0 aliphatic heterocycles. The van der Waals surface area contributed by atoms with Crippen LogP contribution in [0, 0.1) is 0 Å². The van der Waals surface area contributed by atoms with Gasteiger partial charge in [-0.3, -0.25) is 4.68 Å². The Balaban J connectivity index is 2.03. The second kappa shape index (κ2) is 4.71. The molecule has 1 unspecified atom stereocenters.